The lowest BCUT2D eigenvalue weighted by Gasteiger charge is -2.16. The molecule has 1 aromatic carbocycles. The molecule has 0 saturated carbocycles. The van der Waals surface area contributed by atoms with E-state index in [1.165, 1.54) is 6.26 Å². The highest BCUT2D eigenvalue weighted by Gasteiger charge is 2.21. The van der Waals surface area contributed by atoms with Crippen LogP contribution in [0.25, 0.3) is 0 Å². The molecule has 0 bridgehead atoms. The maximum absolute atomic E-state index is 11.8. The Balaban J connectivity index is 1.40. The maximum Gasteiger partial charge on any atom is 0.258 e. The summed E-state index contributed by atoms with van der Waals surface area (Å²) in [5, 5.41) is 5.12. The minimum absolute atomic E-state index is 0.0884. The van der Waals surface area contributed by atoms with Gasteiger partial charge in [-0.3, -0.25) is 14.4 Å². The van der Waals surface area contributed by atoms with Gasteiger partial charge in [0, 0.05) is 24.7 Å². The summed E-state index contributed by atoms with van der Waals surface area (Å²) in [5.41, 5.74) is 0.757. The SMILES string of the molecule is O=C(CNC(=O)COc1cccc(N2CCCC2=O)c1)NCc1ccco1. The van der Waals surface area contributed by atoms with Crippen molar-refractivity contribution in [1.82, 2.24) is 10.6 Å². The Labute approximate surface area is 156 Å². The van der Waals surface area contributed by atoms with Crippen molar-refractivity contribution in [3.05, 3.63) is 48.4 Å². The number of amides is 3. The van der Waals surface area contributed by atoms with Crippen LogP contribution in [0.5, 0.6) is 5.75 Å². The predicted molar refractivity (Wildman–Crippen MR) is 97.1 cm³/mol. The van der Waals surface area contributed by atoms with Gasteiger partial charge in [-0.25, -0.2) is 0 Å². The second-order valence-electron chi connectivity index (χ2n) is 6.07. The normalized spacial score (nSPS) is 13.5. The minimum Gasteiger partial charge on any atom is -0.484 e. The topological polar surface area (TPSA) is 101 Å². The molecule has 8 heteroatoms. The van der Waals surface area contributed by atoms with Gasteiger partial charge in [0.1, 0.15) is 11.5 Å². The molecular formula is C19H21N3O5. The van der Waals surface area contributed by atoms with E-state index in [-0.39, 0.29) is 31.5 Å². The van der Waals surface area contributed by atoms with E-state index in [2.05, 4.69) is 10.6 Å². The molecule has 2 N–H and O–H groups in total. The number of carbonyl (C=O) groups excluding carboxylic acids is 3. The summed E-state index contributed by atoms with van der Waals surface area (Å²) < 4.78 is 10.6. The zero-order chi connectivity index (χ0) is 19.1. The first-order valence-corrected chi connectivity index (χ1v) is 8.71. The van der Waals surface area contributed by atoms with E-state index < -0.39 is 5.91 Å². The molecule has 1 fully saturated rings. The molecule has 27 heavy (non-hydrogen) atoms. The lowest BCUT2D eigenvalue weighted by Crippen LogP contribution is -2.38. The van der Waals surface area contributed by atoms with Gasteiger partial charge in [0.25, 0.3) is 5.91 Å². The highest BCUT2D eigenvalue weighted by molar-refractivity contribution is 5.95. The number of carbonyl (C=O) groups is 3. The average Bonchev–Trinajstić information content (AvgIpc) is 3.34. The van der Waals surface area contributed by atoms with E-state index in [1.54, 1.807) is 35.2 Å². The summed E-state index contributed by atoms with van der Waals surface area (Å²) in [6.45, 7) is 0.587. The van der Waals surface area contributed by atoms with Gasteiger partial charge in [0.2, 0.25) is 11.8 Å². The van der Waals surface area contributed by atoms with E-state index in [9.17, 15) is 14.4 Å². The van der Waals surface area contributed by atoms with Crippen molar-refractivity contribution in [3.63, 3.8) is 0 Å². The Morgan fingerprint density at radius 2 is 2.04 bits per heavy atom. The number of hydrogen-bond acceptors (Lipinski definition) is 5. The van der Waals surface area contributed by atoms with Crippen molar-refractivity contribution in [2.24, 2.45) is 0 Å². The summed E-state index contributed by atoms with van der Waals surface area (Å²) in [7, 11) is 0. The molecule has 0 spiro atoms. The molecule has 2 aromatic rings. The van der Waals surface area contributed by atoms with Gasteiger partial charge in [-0.1, -0.05) is 6.07 Å². The molecule has 0 aliphatic carbocycles. The van der Waals surface area contributed by atoms with Gasteiger partial charge < -0.3 is 24.7 Å². The number of benzene rings is 1. The van der Waals surface area contributed by atoms with Gasteiger partial charge in [0.05, 0.1) is 19.4 Å². The van der Waals surface area contributed by atoms with E-state index in [0.29, 0.717) is 24.5 Å². The smallest absolute Gasteiger partial charge is 0.258 e. The first kappa shape index (κ1) is 18.5. The van der Waals surface area contributed by atoms with Crippen molar-refractivity contribution in [3.8, 4) is 5.75 Å². The van der Waals surface area contributed by atoms with E-state index in [0.717, 1.165) is 12.1 Å². The molecule has 142 valence electrons. The molecule has 8 nitrogen and oxygen atoms in total. The Kier molecular flexibility index (Phi) is 6.09. The molecule has 0 radical (unpaired) electrons. The van der Waals surface area contributed by atoms with Crippen LogP contribution in [-0.4, -0.2) is 37.4 Å². The number of nitrogens with zero attached hydrogens (tertiary/aromatic N) is 1. The number of nitrogens with one attached hydrogen (secondary N) is 2. The highest BCUT2D eigenvalue weighted by atomic mass is 16.5. The van der Waals surface area contributed by atoms with Crippen molar-refractivity contribution >= 4 is 23.4 Å². The van der Waals surface area contributed by atoms with Gasteiger partial charge in [-0.05, 0) is 30.7 Å². The lowest BCUT2D eigenvalue weighted by atomic mass is 10.3. The average molecular weight is 371 g/mol. The highest BCUT2D eigenvalue weighted by Crippen LogP contribution is 2.25. The fourth-order valence-corrected chi connectivity index (χ4v) is 2.70. The predicted octanol–water partition coefficient (Wildman–Crippen LogP) is 1.22. The van der Waals surface area contributed by atoms with E-state index >= 15 is 0 Å². The van der Waals surface area contributed by atoms with Crippen LogP contribution in [0.15, 0.2) is 47.1 Å². The number of ether oxygens (including phenoxy) is 1. The minimum atomic E-state index is -0.411. The summed E-state index contributed by atoms with van der Waals surface area (Å²) >= 11 is 0. The van der Waals surface area contributed by atoms with Crippen molar-refractivity contribution in [1.29, 1.82) is 0 Å². The molecule has 0 atom stereocenters. The molecule has 0 unspecified atom stereocenters. The first-order valence-electron chi connectivity index (χ1n) is 8.71. The fraction of sp³-hybridized carbons (Fsp3) is 0.316. The van der Waals surface area contributed by atoms with Crippen LogP contribution in [0.1, 0.15) is 18.6 Å². The van der Waals surface area contributed by atoms with Gasteiger partial charge >= 0.3 is 0 Å². The number of hydrogen-bond donors (Lipinski definition) is 2. The monoisotopic (exact) mass is 371 g/mol. The molecular weight excluding hydrogens is 350 g/mol. The molecule has 1 saturated heterocycles. The Morgan fingerprint density at radius 1 is 1.15 bits per heavy atom. The van der Waals surface area contributed by atoms with Crippen LogP contribution in [0.4, 0.5) is 5.69 Å². The zero-order valence-electron chi connectivity index (χ0n) is 14.8. The zero-order valence-corrected chi connectivity index (χ0v) is 14.8. The fourth-order valence-electron chi connectivity index (χ4n) is 2.70. The molecule has 1 aliphatic heterocycles. The molecule has 3 rings (SSSR count). The third kappa shape index (κ3) is 5.34. The second kappa shape index (κ2) is 8.88. The van der Waals surface area contributed by atoms with Crippen LogP contribution in [-0.2, 0) is 20.9 Å². The third-order valence-corrected chi connectivity index (χ3v) is 4.06. The van der Waals surface area contributed by atoms with Crippen molar-refractivity contribution in [2.45, 2.75) is 19.4 Å². The number of furan rings is 1. The molecule has 2 heterocycles. The van der Waals surface area contributed by atoms with Crippen molar-refractivity contribution < 1.29 is 23.5 Å². The van der Waals surface area contributed by atoms with Gasteiger partial charge in [-0.15, -0.1) is 0 Å². The van der Waals surface area contributed by atoms with Gasteiger partial charge in [-0.2, -0.15) is 0 Å². The molecule has 1 aromatic heterocycles. The van der Waals surface area contributed by atoms with Crippen LogP contribution < -0.4 is 20.3 Å². The maximum atomic E-state index is 11.8. The van der Waals surface area contributed by atoms with Crippen LogP contribution in [0.3, 0.4) is 0 Å². The Bertz CT molecular complexity index is 803. The number of rotatable bonds is 8. The standard InChI is InChI=1S/C19H21N3O5/c23-17(20-11-16-6-3-9-26-16)12-21-18(24)13-27-15-5-1-4-14(10-15)22-8-2-7-19(22)25/h1,3-6,9-10H,2,7-8,11-13H2,(H,20,23)(H,21,24). The first-order chi connectivity index (χ1) is 13.1. The molecule has 1 aliphatic rings. The Hall–Kier alpha value is -3.29. The van der Waals surface area contributed by atoms with Crippen LogP contribution >= 0.6 is 0 Å². The molecule has 3 amide bonds. The second-order valence-corrected chi connectivity index (χ2v) is 6.07. The van der Waals surface area contributed by atoms with Crippen LogP contribution in [0.2, 0.25) is 0 Å². The number of anilines is 1. The quantitative estimate of drug-likeness (QED) is 0.727. The summed E-state index contributed by atoms with van der Waals surface area (Å²) in [6, 6.07) is 10.5. The summed E-state index contributed by atoms with van der Waals surface area (Å²) in [5.74, 6) is 0.476. The lowest BCUT2D eigenvalue weighted by molar-refractivity contribution is -0.127. The summed E-state index contributed by atoms with van der Waals surface area (Å²) in [6.07, 6.45) is 2.92. The van der Waals surface area contributed by atoms with Gasteiger partial charge in [0.15, 0.2) is 6.61 Å². The summed E-state index contributed by atoms with van der Waals surface area (Å²) in [4.78, 5) is 37.1. The van der Waals surface area contributed by atoms with E-state index in [4.69, 9.17) is 9.15 Å². The largest absolute Gasteiger partial charge is 0.484 e. The van der Waals surface area contributed by atoms with Crippen molar-refractivity contribution in [2.75, 3.05) is 24.6 Å². The third-order valence-electron chi connectivity index (χ3n) is 4.06. The van der Waals surface area contributed by atoms with Crippen LogP contribution in [0, 0.1) is 0 Å². The van der Waals surface area contributed by atoms with E-state index in [1.807, 2.05) is 6.07 Å². The Morgan fingerprint density at radius 3 is 2.78 bits per heavy atom.